The third kappa shape index (κ3) is 4.58. The third-order valence-electron chi connectivity index (χ3n) is 4.31. The summed E-state index contributed by atoms with van der Waals surface area (Å²) in [5.41, 5.74) is 5.85. The highest BCUT2D eigenvalue weighted by molar-refractivity contribution is 4.97. The minimum Gasteiger partial charge on any atom is -0.339 e. The zero-order chi connectivity index (χ0) is 14.4. The zero-order valence-electron chi connectivity index (χ0n) is 13.0. The van der Waals surface area contributed by atoms with Crippen LogP contribution in [0.1, 0.15) is 76.4 Å². The van der Waals surface area contributed by atoms with Crippen LogP contribution in [0.2, 0.25) is 0 Å². The van der Waals surface area contributed by atoms with E-state index >= 15 is 0 Å². The molecule has 1 atom stereocenters. The largest absolute Gasteiger partial charge is 0.339 e. The first-order chi connectivity index (χ1) is 9.69. The molecule has 0 radical (unpaired) electrons. The lowest BCUT2D eigenvalue weighted by Crippen LogP contribution is -2.19. The summed E-state index contributed by atoms with van der Waals surface area (Å²) in [7, 11) is 0. The molecule has 2 N–H and O–H groups in total. The Morgan fingerprint density at radius 1 is 1.20 bits per heavy atom. The van der Waals surface area contributed by atoms with Gasteiger partial charge in [-0.25, -0.2) is 0 Å². The Morgan fingerprint density at radius 2 is 1.90 bits per heavy atom. The number of aromatic nitrogens is 2. The molecule has 0 aromatic carbocycles. The van der Waals surface area contributed by atoms with Crippen LogP contribution in [0, 0.1) is 11.8 Å². The van der Waals surface area contributed by atoms with Crippen molar-refractivity contribution in [3.63, 3.8) is 0 Å². The van der Waals surface area contributed by atoms with Crippen LogP contribution in [0.3, 0.4) is 0 Å². The van der Waals surface area contributed by atoms with E-state index in [1.165, 1.54) is 38.5 Å². The number of hydrogen-bond acceptors (Lipinski definition) is 4. The normalized spacial score (nSPS) is 19.2. The van der Waals surface area contributed by atoms with Crippen molar-refractivity contribution in [3.05, 3.63) is 11.7 Å². The van der Waals surface area contributed by atoms with Gasteiger partial charge in [-0.15, -0.1) is 0 Å². The van der Waals surface area contributed by atoms with E-state index in [2.05, 4.69) is 24.0 Å². The summed E-state index contributed by atoms with van der Waals surface area (Å²) in [6, 6.07) is 0. The van der Waals surface area contributed by atoms with Gasteiger partial charge in [0.25, 0.3) is 0 Å². The van der Waals surface area contributed by atoms with Crippen molar-refractivity contribution >= 4 is 0 Å². The Labute approximate surface area is 122 Å². The molecule has 1 aromatic rings. The second-order valence-corrected chi connectivity index (χ2v) is 6.67. The number of nitrogens with zero attached hydrogens (tertiary/aromatic N) is 2. The standard InChI is InChI=1S/C16H29N3O/c1-12(2)9-13(11-17)10-15-18-16(19-20-15)14-7-5-3-4-6-8-14/h12-14H,3-11,17H2,1-2H3. The van der Waals surface area contributed by atoms with E-state index in [0.717, 1.165) is 24.6 Å². The van der Waals surface area contributed by atoms with Crippen LogP contribution in [-0.2, 0) is 6.42 Å². The molecule has 0 aliphatic heterocycles. The van der Waals surface area contributed by atoms with E-state index in [0.29, 0.717) is 24.3 Å². The van der Waals surface area contributed by atoms with Gasteiger partial charge in [-0.1, -0.05) is 44.7 Å². The fourth-order valence-electron chi connectivity index (χ4n) is 3.23. The van der Waals surface area contributed by atoms with E-state index < -0.39 is 0 Å². The Hall–Kier alpha value is -0.900. The summed E-state index contributed by atoms with van der Waals surface area (Å²) in [6.07, 6.45) is 9.68. The Bertz CT molecular complexity index is 381. The summed E-state index contributed by atoms with van der Waals surface area (Å²) < 4.78 is 5.46. The van der Waals surface area contributed by atoms with Crippen LogP contribution in [0.4, 0.5) is 0 Å². The van der Waals surface area contributed by atoms with Crippen molar-refractivity contribution in [2.45, 2.75) is 71.1 Å². The first kappa shape index (κ1) is 15.5. The van der Waals surface area contributed by atoms with Gasteiger partial charge in [0.2, 0.25) is 5.89 Å². The molecule has 114 valence electrons. The van der Waals surface area contributed by atoms with Crippen molar-refractivity contribution in [3.8, 4) is 0 Å². The highest BCUT2D eigenvalue weighted by Crippen LogP contribution is 2.30. The third-order valence-corrected chi connectivity index (χ3v) is 4.31. The van der Waals surface area contributed by atoms with Crippen LogP contribution in [0.25, 0.3) is 0 Å². The fourth-order valence-corrected chi connectivity index (χ4v) is 3.23. The van der Waals surface area contributed by atoms with Gasteiger partial charge in [0.05, 0.1) is 0 Å². The maximum atomic E-state index is 5.85. The molecule has 0 bridgehead atoms. The highest BCUT2D eigenvalue weighted by atomic mass is 16.5. The van der Waals surface area contributed by atoms with Crippen molar-refractivity contribution in [2.75, 3.05) is 6.54 Å². The summed E-state index contributed by atoms with van der Waals surface area (Å²) in [5.74, 6) is 3.34. The first-order valence-electron chi connectivity index (χ1n) is 8.21. The van der Waals surface area contributed by atoms with Crippen molar-refractivity contribution in [1.82, 2.24) is 10.1 Å². The monoisotopic (exact) mass is 279 g/mol. The Kier molecular flexibility index (Phi) is 6.02. The average molecular weight is 279 g/mol. The Balaban J connectivity index is 1.93. The van der Waals surface area contributed by atoms with Crippen LogP contribution in [0.15, 0.2) is 4.52 Å². The smallest absolute Gasteiger partial charge is 0.226 e. The number of rotatable bonds is 6. The summed E-state index contributed by atoms with van der Waals surface area (Å²) in [4.78, 5) is 4.64. The Morgan fingerprint density at radius 3 is 2.50 bits per heavy atom. The number of nitrogens with two attached hydrogens (primary N) is 1. The fraction of sp³-hybridized carbons (Fsp3) is 0.875. The minimum atomic E-state index is 0.456. The van der Waals surface area contributed by atoms with E-state index in [1.54, 1.807) is 0 Å². The van der Waals surface area contributed by atoms with E-state index in [9.17, 15) is 0 Å². The van der Waals surface area contributed by atoms with Crippen molar-refractivity contribution in [2.24, 2.45) is 17.6 Å². The van der Waals surface area contributed by atoms with Crippen molar-refractivity contribution in [1.29, 1.82) is 0 Å². The molecule has 1 saturated carbocycles. The van der Waals surface area contributed by atoms with Crippen LogP contribution in [0.5, 0.6) is 0 Å². The molecule has 4 nitrogen and oxygen atoms in total. The lowest BCUT2D eigenvalue weighted by atomic mass is 9.94. The molecule has 20 heavy (non-hydrogen) atoms. The quantitative estimate of drug-likeness (QED) is 0.807. The van der Waals surface area contributed by atoms with Crippen LogP contribution >= 0.6 is 0 Å². The topological polar surface area (TPSA) is 64.9 Å². The van der Waals surface area contributed by atoms with E-state index in [4.69, 9.17) is 10.3 Å². The maximum Gasteiger partial charge on any atom is 0.226 e. The van der Waals surface area contributed by atoms with Crippen LogP contribution < -0.4 is 5.73 Å². The molecular weight excluding hydrogens is 250 g/mol. The van der Waals surface area contributed by atoms with Gasteiger partial charge in [-0.2, -0.15) is 4.98 Å². The highest BCUT2D eigenvalue weighted by Gasteiger charge is 2.21. The van der Waals surface area contributed by atoms with Gasteiger partial charge in [-0.3, -0.25) is 0 Å². The lowest BCUT2D eigenvalue weighted by molar-refractivity contribution is 0.327. The molecule has 2 rings (SSSR count). The maximum absolute atomic E-state index is 5.85. The lowest BCUT2D eigenvalue weighted by Gasteiger charge is -2.14. The minimum absolute atomic E-state index is 0.456. The van der Waals surface area contributed by atoms with E-state index in [-0.39, 0.29) is 0 Å². The molecule has 1 aliphatic rings. The summed E-state index contributed by atoms with van der Waals surface area (Å²) in [5, 5.41) is 4.22. The molecule has 0 spiro atoms. The second-order valence-electron chi connectivity index (χ2n) is 6.67. The molecule has 1 aliphatic carbocycles. The molecule has 1 fully saturated rings. The van der Waals surface area contributed by atoms with Gasteiger partial charge in [0.1, 0.15) is 0 Å². The SMILES string of the molecule is CC(C)CC(CN)Cc1nc(C2CCCCCC2)no1. The van der Waals surface area contributed by atoms with Crippen molar-refractivity contribution < 1.29 is 4.52 Å². The molecule has 1 unspecified atom stereocenters. The predicted octanol–water partition coefficient (Wildman–Crippen LogP) is 3.67. The average Bonchev–Trinajstić information content (AvgIpc) is 2.71. The van der Waals surface area contributed by atoms with Gasteiger partial charge in [0.15, 0.2) is 5.82 Å². The summed E-state index contributed by atoms with van der Waals surface area (Å²) >= 11 is 0. The van der Waals surface area contributed by atoms with Crippen LogP contribution in [-0.4, -0.2) is 16.7 Å². The zero-order valence-corrected chi connectivity index (χ0v) is 13.0. The number of hydrogen-bond donors (Lipinski definition) is 1. The van der Waals surface area contributed by atoms with E-state index in [1.807, 2.05) is 0 Å². The van der Waals surface area contributed by atoms with Gasteiger partial charge >= 0.3 is 0 Å². The summed E-state index contributed by atoms with van der Waals surface area (Å²) in [6.45, 7) is 5.15. The second kappa shape index (κ2) is 7.77. The first-order valence-corrected chi connectivity index (χ1v) is 8.21. The molecule has 4 heteroatoms. The molecule has 0 amide bonds. The molecule has 0 saturated heterocycles. The molecule has 1 aromatic heterocycles. The van der Waals surface area contributed by atoms with Gasteiger partial charge in [0, 0.05) is 12.3 Å². The predicted molar refractivity (Wildman–Crippen MR) is 80.4 cm³/mol. The van der Waals surface area contributed by atoms with Gasteiger partial charge in [-0.05, 0) is 37.6 Å². The van der Waals surface area contributed by atoms with Gasteiger partial charge < -0.3 is 10.3 Å². The molecular formula is C16H29N3O. The molecule has 1 heterocycles.